The van der Waals surface area contributed by atoms with Crippen molar-refractivity contribution in [2.75, 3.05) is 14.2 Å². The van der Waals surface area contributed by atoms with Crippen LogP contribution in [0.1, 0.15) is 16.7 Å². The Hall–Kier alpha value is -2.49. The van der Waals surface area contributed by atoms with Crippen LogP contribution in [-0.2, 0) is 13.1 Å². The number of methoxy groups -OCH3 is 1. The van der Waals surface area contributed by atoms with E-state index in [2.05, 4.69) is 46.8 Å². The average Bonchev–Trinajstić information content (AvgIpc) is 2.56. The van der Waals surface area contributed by atoms with Gasteiger partial charge in [-0.1, -0.05) is 42.5 Å². The Morgan fingerprint density at radius 3 is 2.45 bits per heavy atom. The van der Waals surface area contributed by atoms with Crippen molar-refractivity contribution in [1.29, 1.82) is 0 Å². The highest BCUT2D eigenvalue weighted by Gasteiger charge is 2.04. The number of hydrogen-bond donors (Lipinski definition) is 2. The first-order valence-corrected chi connectivity index (χ1v) is 7.35. The molecule has 0 unspecified atom stereocenters. The number of rotatable bonds is 5. The van der Waals surface area contributed by atoms with Crippen molar-refractivity contribution in [2.24, 2.45) is 4.99 Å². The summed E-state index contributed by atoms with van der Waals surface area (Å²) < 4.78 is 5.42. The zero-order valence-electron chi connectivity index (χ0n) is 13.4. The maximum Gasteiger partial charge on any atom is 0.191 e. The summed E-state index contributed by atoms with van der Waals surface area (Å²) in [6.07, 6.45) is 0. The smallest absolute Gasteiger partial charge is 0.191 e. The van der Waals surface area contributed by atoms with Gasteiger partial charge in [0.1, 0.15) is 5.75 Å². The van der Waals surface area contributed by atoms with Gasteiger partial charge >= 0.3 is 0 Å². The molecule has 22 heavy (non-hydrogen) atoms. The zero-order chi connectivity index (χ0) is 15.8. The monoisotopic (exact) mass is 297 g/mol. The summed E-state index contributed by atoms with van der Waals surface area (Å²) in [4.78, 5) is 4.24. The zero-order valence-corrected chi connectivity index (χ0v) is 13.4. The molecule has 0 heterocycles. The van der Waals surface area contributed by atoms with E-state index in [1.54, 1.807) is 14.2 Å². The summed E-state index contributed by atoms with van der Waals surface area (Å²) in [6.45, 7) is 3.46. The van der Waals surface area contributed by atoms with Gasteiger partial charge in [0.15, 0.2) is 5.96 Å². The number of guanidine groups is 1. The highest BCUT2D eigenvalue weighted by atomic mass is 16.5. The number of benzene rings is 2. The Bertz CT molecular complexity index is 623. The number of nitrogens with zero attached hydrogens (tertiary/aromatic N) is 1. The van der Waals surface area contributed by atoms with E-state index in [1.807, 2.05) is 24.3 Å². The van der Waals surface area contributed by atoms with Crippen LogP contribution in [0.2, 0.25) is 0 Å². The van der Waals surface area contributed by atoms with E-state index in [1.165, 1.54) is 11.1 Å². The topological polar surface area (TPSA) is 45.7 Å². The molecule has 4 heteroatoms. The van der Waals surface area contributed by atoms with Crippen LogP contribution in [0.5, 0.6) is 5.75 Å². The van der Waals surface area contributed by atoms with Crippen molar-refractivity contribution in [3.8, 4) is 5.75 Å². The van der Waals surface area contributed by atoms with Gasteiger partial charge in [-0.3, -0.25) is 4.99 Å². The third-order valence-corrected chi connectivity index (χ3v) is 3.42. The number of nitrogens with one attached hydrogen (secondary N) is 2. The molecule has 0 aromatic heterocycles. The number of aliphatic imine (C=N–C) groups is 1. The summed E-state index contributed by atoms with van der Waals surface area (Å²) in [7, 11) is 3.47. The molecular weight excluding hydrogens is 274 g/mol. The molecule has 0 bridgehead atoms. The molecule has 2 aromatic carbocycles. The highest BCUT2D eigenvalue weighted by molar-refractivity contribution is 5.79. The largest absolute Gasteiger partial charge is 0.496 e. The lowest BCUT2D eigenvalue weighted by molar-refractivity contribution is 0.408. The average molecular weight is 297 g/mol. The molecule has 0 saturated heterocycles. The quantitative estimate of drug-likeness (QED) is 0.659. The second-order valence-corrected chi connectivity index (χ2v) is 5.08. The summed E-state index contributed by atoms with van der Waals surface area (Å²) in [5, 5.41) is 6.61. The Morgan fingerprint density at radius 2 is 1.77 bits per heavy atom. The minimum absolute atomic E-state index is 0.665. The van der Waals surface area contributed by atoms with Crippen LogP contribution in [0, 0.1) is 6.92 Å². The number of aryl methyl sites for hydroxylation is 1. The van der Waals surface area contributed by atoms with Crippen LogP contribution in [0.3, 0.4) is 0 Å². The lowest BCUT2D eigenvalue weighted by Gasteiger charge is -2.14. The first-order chi connectivity index (χ1) is 10.7. The SMILES string of the molecule is CN=C(NCc1ccccc1)NCc1ccc(C)cc1OC. The van der Waals surface area contributed by atoms with Crippen molar-refractivity contribution in [1.82, 2.24) is 10.6 Å². The summed E-state index contributed by atoms with van der Waals surface area (Å²) >= 11 is 0. The standard InChI is InChI=1S/C18H23N3O/c1-14-9-10-16(17(11-14)22-3)13-21-18(19-2)20-12-15-7-5-4-6-8-15/h4-11H,12-13H2,1-3H3,(H2,19,20,21). The van der Waals surface area contributed by atoms with Gasteiger partial charge in [-0.15, -0.1) is 0 Å². The molecule has 2 aromatic rings. The third kappa shape index (κ3) is 4.52. The van der Waals surface area contributed by atoms with E-state index in [-0.39, 0.29) is 0 Å². The first-order valence-electron chi connectivity index (χ1n) is 7.35. The highest BCUT2D eigenvalue weighted by Crippen LogP contribution is 2.19. The predicted octanol–water partition coefficient (Wildman–Crippen LogP) is 2.87. The van der Waals surface area contributed by atoms with Crippen molar-refractivity contribution < 1.29 is 4.74 Å². The van der Waals surface area contributed by atoms with Crippen LogP contribution < -0.4 is 15.4 Å². The molecule has 0 aliphatic heterocycles. The van der Waals surface area contributed by atoms with Gasteiger partial charge < -0.3 is 15.4 Å². The summed E-state index contributed by atoms with van der Waals surface area (Å²) in [5.41, 5.74) is 3.52. The molecule has 0 radical (unpaired) electrons. The molecule has 4 nitrogen and oxygen atoms in total. The van der Waals surface area contributed by atoms with Crippen LogP contribution in [-0.4, -0.2) is 20.1 Å². The van der Waals surface area contributed by atoms with Crippen molar-refractivity contribution >= 4 is 5.96 Å². The Morgan fingerprint density at radius 1 is 1.05 bits per heavy atom. The van der Waals surface area contributed by atoms with E-state index in [0.717, 1.165) is 23.8 Å². The summed E-state index contributed by atoms with van der Waals surface area (Å²) in [5.74, 6) is 1.66. The molecule has 0 spiro atoms. The molecule has 116 valence electrons. The van der Waals surface area contributed by atoms with Crippen LogP contribution in [0.4, 0.5) is 0 Å². The van der Waals surface area contributed by atoms with E-state index in [9.17, 15) is 0 Å². The molecule has 0 aliphatic rings. The molecule has 2 N–H and O–H groups in total. The Balaban J connectivity index is 1.91. The second-order valence-electron chi connectivity index (χ2n) is 5.08. The lowest BCUT2D eigenvalue weighted by Crippen LogP contribution is -2.36. The molecule has 0 atom stereocenters. The van der Waals surface area contributed by atoms with Gasteiger partial charge in [0.25, 0.3) is 0 Å². The van der Waals surface area contributed by atoms with Crippen molar-refractivity contribution in [2.45, 2.75) is 20.0 Å². The van der Waals surface area contributed by atoms with Gasteiger partial charge in [0.05, 0.1) is 7.11 Å². The van der Waals surface area contributed by atoms with Crippen LogP contribution in [0.25, 0.3) is 0 Å². The van der Waals surface area contributed by atoms with Gasteiger partial charge in [-0.05, 0) is 24.1 Å². The first kappa shape index (κ1) is 15.9. The second kappa shape index (κ2) is 8.08. The minimum Gasteiger partial charge on any atom is -0.496 e. The maximum absolute atomic E-state index is 5.42. The van der Waals surface area contributed by atoms with Gasteiger partial charge in [-0.2, -0.15) is 0 Å². The Labute approximate surface area is 132 Å². The molecule has 0 amide bonds. The van der Waals surface area contributed by atoms with E-state index < -0.39 is 0 Å². The maximum atomic E-state index is 5.42. The third-order valence-electron chi connectivity index (χ3n) is 3.42. The fourth-order valence-electron chi connectivity index (χ4n) is 2.18. The fourth-order valence-corrected chi connectivity index (χ4v) is 2.18. The van der Waals surface area contributed by atoms with E-state index in [0.29, 0.717) is 6.54 Å². The van der Waals surface area contributed by atoms with Gasteiger partial charge in [-0.25, -0.2) is 0 Å². The van der Waals surface area contributed by atoms with E-state index >= 15 is 0 Å². The predicted molar refractivity (Wildman–Crippen MR) is 91.2 cm³/mol. The molecule has 0 saturated carbocycles. The summed E-state index contributed by atoms with van der Waals surface area (Å²) in [6, 6.07) is 16.4. The molecule has 0 aliphatic carbocycles. The van der Waals surface area contributed by atoms with Crippen molar-refractivity contribution in [3.63, 3.8) is 0 Å². The fraction of sp³-hybridized carbons (Fsp3) is 0.278. The van der Waals surface area contributed by atoms with Crippen LogP contribution in [0.15, 0.2) is 53.5 Å². The number of ether oxygens (including phenoxy) is 1. The molecule has 0 fully saturated rings. The normalized spacial score (nSPS) is 11.1. The molecular formula is C18H23N3O. The van der Waals surface area contributed by atoms with E-state index in [4.69, 9.17) is 4.74 Å². The van der Waals surface area contributed by atoms with Crippen LogP contribution >= 0.6 is 0 Å². The Kier molecular flexibility index (Phi) is 5.83. The van der Waals surface area contributed by atoms with Gasteiger partial charge in [0.2, 0.25) is 0 Å². The molecule has 2 rings (SSSR count). The van der Waals surface area contributed by atoms with Crippen molar-refractivity contribution in [3.05, 3.63) is 65.2 Å². The lowest BCUT2D eigenvalue weighted by atomic mass is 10.1. The van der Waals surface area contributed by atoms with Gasteiger partial charge in [0, 0.05) is 25.7 Å². The number of hydrogen-bond acceptors (Lipinski definition) is 2. The minimum atomic E-state index is 0.665.